The first-order valence-electron chi connectivity index (χ1n) is 7.42. The fourth-order valence-corrected chi connectivity index (χ4v) is 4.14. The number of aliphatic hydroxyl groups excluding tert-OH is 1. The Bertz CT molecular complexity index is 436. The molecule has 1 aromatic carbocycles. The van der Waals surface area contributed by atoms with Gasteiger partial charge in [0.2, 0.25) is 0 Å². The summed E-state index contributed by atoms with van der Waals surface area (Å²) in [4.78, 5) is 2.52. The Hall–Kier alpha value is -0.570. The Morgan fingerprint density at radius 2 is 1.68 bits per heavy atom. The summed E-state index contributed by atoms with van der Waals surface area (Å²) in [6, 6.07) is 7.75. The van der Waals surface area contributed by atoms with E-state index in [1.165, 1.54) is 25.7 Å². The molecule has 1 unspecified atom stereocenters. The molecule has 2 aliphatic rings. The molecule has 1 saturated carbocycles. The Kier molecular flexibility index (Phi) is 3.84. The molecule has 0 aromatic heterocycles. The van der Waals surface area contributed by atoms with Gasteiger partial charge in [0.25, 0.3) is 0 Å². The number of likely N-dealkylation sites (tertiary alicyclic amines) is 1. The lowest BCUT2D eigenvalue weighted by molar-refractivity contribution is -0.0195. The predicted molar refractivity (Wildman–Crippen MR) is 78.4 cm³/mol. The Labute approximate surface area is 120 Å². The minimum absolute atomic E-state index is 0.0680. The lowest BCUT2D eigenvalue weighted by Gasteiger charge is -2.43. The summed E-state index contributed by atoms with van der Waals surface area (Å²) < 4.78 is 0. The summed E-state index contributed by atoms with van der Waals surface area (Å²) in [5.74, 6) is 0. The maximum absolute atomic E-state index is 11.0. The van der Waals surface area contributed by atoms with Gasteiger partial charge in [-0.15, -0.1) is 0 Å². The molecule has 1 saturated heterocycles. The summed E-state index contributed by atoms with van der Waals surface area (Å²) in [6.07, 6.45) is 6.70. The summed E-state index contributed by atoms with van der Waals surface area (Å²) in [5.41, 5.74) is 0.833. The zero-order valence-corrected chi connectivity index (χ0v) is 12.1. The minimum atomic E-state index is -0.457. The SMILES string of the molecule is OC(c1ccccc1Cl)C1(N2CCCC2)CCCC1. The van der Waals surface area contributed by atoms with Crippen LogP contribution in [0.3, 0.4) is 0 Å². The molecule has 2 fully saturated rings. The van der Waals surface area contributed by atoms with Crippen molar-refractivity contribution in [3.63, 3.8) is 0 Å². The molecule has 1 aromatic rings. The Balaban J connectivity index is 1.94. The van der Waals surface area contributed by atoms with Crippen LogP contribution in [0.1, 0.15) is 50.2 Å². The fraction of sp³-hybridized carbons (Fsp3) is 0.625. The third-order valence-corrected chi connectivity index (χ3v) is 5.26. The third-order valence-electron chi connectivity index (χ3n) is 4.91. The van der Waals surface area contributed by atoms with E-state index in [2.05, 4.69) is 4.90 Å². The van der Waals surface area contributed by atoms with Crippen LogP contribution in [0, 0.1) is 0 Å². The standard InChI is InChI=1S/C16H22ClNO/c17-14-8-2-1-7-13(14)15(19)16(9-3-4-10-16)18-11-5-6-12-18/h1-2,7-8,15,19H,3-6,9-12H2. The molecule has 3 heteroatoms. The van der Waals surface area contributed by atoms with Crippen molar-refractivity contribution in [2.24, 2.45) is 0 Å². The van der Waals surface area contributed by atoms with Gasteiger partial charge in [0.1, 0.15) is 0 Å². The van der Waals surface area contributed by atoms with E-state index in [-0.39, 0.29) is 5.54 Å². The minimum Gasteiger partial charge on any atom is -0.386 e. The molecule has 1 heterocycles. The van der Waals surface area contributed by atoms with Crippen molar-refractivity contribution in [3.05, 3.63) is 34.9 Å². The monoisotopic (exact) mass is 279 g/mol. The maximum Gasteiger partial charge on any atom is 0.0987 e. The molecule has 0 bridgehead atoms. The van der Waals surface area contributed by atoms with Crippen LogP contribution in [0.5, 0.6) is 0 Å². The van der Waals surface area contributed by atoms with Crippen molar-refractivity contribution in [1.82, 2.24) is 4.90 Å². The van der Waals surface area contributed by atoms with Gasteiger partial charge >= 0.3 is 0 Å². The zero-order valence-electron chi connectivity index (χ0n) is 11.3. The first-order chi connectivity index (χ1) is 9.24. The van der Waals surface area contributed by atoms with E-state index >= 15 is 0 Å². The van der Waals surface area contributed by atoms with Crippen LogP contribution in [0.25, 0.3) is 0 Å². The lowest BCUT2D eigenvalue weighted by Crippen LogP contribution is -2.49. The molecule has 104 valence electrons. The van der Waals surface area contributed by atoms with Gasteiger partial charge in [0.15, 0.2) is 0 Å². The molecule has 1 aliphatic carbocycles. The molecule has 1 atom stereocenters. The molecule has 2 nitrogen and oxygen atoms in total. The van der Waals surface area contributed by atoms with Gasteiger partial charge in [0.05, 0.1) is 11.6 Å². The second-order valence-electron chi connectivity index (χ2n) is 5.93. The molecular formula is C16H22ClNO. The van der Waals surface area contributed by atoms with E-state index in [9.17, 15) is 5.11 Å². The summed E-state index contributed by atoms with van der Waals surface area (Å²) in [6.45, 7) is 2.25. The Morgan fingerprint density at radius 1 is 1.05 bits per heavy atom. The van der Waals surface area contributed by atoms with Gasteiger partial charge in [-0.3, -0.25) is 4.90 Å². The van der Waals surface area contributed by atoms with E-state index in [1.54, 1.807) is 0 Å². The van der Waals surface area contributed by atoms with E-state index in [4.69, 9.17) is 11.6 Å². The molecule has 0 amide bonds. The molecular weight excluding hydrogens is 258 g/mol. The summed E-state index contributed by atoms with van der Waals surface area (Å²) in [5, 5.41) is 11.7. The van der Waals surface area contributed by atoms with Crippen LogP contribution >= 0.6 is 11.6 Å². The second kappa shape index (κ2) is 5.43. The van der Waals surface area contributed by atoms with Gasteiger partial charge in [-0.2, -0.15) is 0 Å². The zero-order chi connectivity index (χ0) is 13.3. The quantitative estimate of drug-likeness (QED) is 0.910. The van der Waals surface area contributed by atoms with Gasteiger partial charge in [0, 0.05) is 10.6 Å². The van der Waals surface area contributed by atoms with Crippen LogP contribution in [0.2, 0.25) is 5.02 Å². The summed E-state index contributed by atoms with van der Waals surface area (Å²) >= 11 is 6.29. The van der Waals surface area contributed by atoms with Gasteiger partial charge < -0.3 is 5.11 Å². The highest BCUT2D eigenvalue weighted by atomic mass is 35.5. The highest BCUT2D eigenvalue weighted by molar-refractivity contribution is 6.31. The fourth-order valence-electron chi connectivity index (χ4n) is 3.90. The Morgan fingerprint density at radius 3 is 2.32 bits per heavy atom. The van der Waals surface area contributed by atoms with E-state index in [0.29, 0.717) is 5.02 Å². The number of nitrogens with zero attached hydrogens (tertiary/aromatic N) is 1. The number of hydrogen-bond acceptors (Lipinski definition) is 2. The molecule has 0 spiro atoms. The normalized spacial score (nSPS) is 24.7. The highest BCUT2D eigenvalue weighted by Crippen LogP contribution is 2.46. The number of halogens is 1. The van der Waals surface area contributed by atoms with Crippen molar-refractivity contribution >= 4 is 11.6 Å². The lowest BCUT2D eigenvalue weighted by atomic mass is 9.84. The largest absolute Gasteiger partial charge is 0.386 e. The summed E-state index contributed by atoms with van der Waals surface area (Å²) in [7, 11) is 0. The van der Waals surface area contributed by atoms with E-state index < -0.39 is 6.10 Å². The third kappa shape index (κ3) is 2.31. The van der Waals surface area contributed by atoms with E-state index in [0.717, 1.165) is 31.5 Å². The van der Waals surface area contributed by atoms with Gasteiger partial charge in [-0.1, -0.05) is 42.6 Å². The van der Waals surface area contributed by atoms with Crippen LogP contribution in [-0.4, -0.2) is 28.6 Å². The number of hydrogen-bond donors (Lipinski definition) is 1. The average Bonchev–Trinajstić information content (AvgIpc) is 3.10. The maximum atomic E-state index is 11.0. The molecule has 3 rings (SSSR count). The van der Waals surface area contributed by atoms with Crippen molar-refractivity contribution in [2.45, 2.75) is 50.2 Å². The molecule has 19 heavy (non-hydrogen) atoms. The van der Waals surface area contributed by atoms with Crippen molar-refractivity contribution < 1.29 is 5.11 Å². The number of benzene rings is 1. The molecule has 0 radical (unpaired) electrons. The number of aliphatic hydroxyl groups is 1. The van der Waals surface area contributed by atoms with Crippen LogP contribution in [0.4, 0.5) is 0 Å². The van der Waals surface area contributed by atoms with Crippen molar-refractivity contribution in [3.8, 4) is 0 Å². The van der Waals surface area contributed by atoms with Crippen LogP contribution in [0.15, 0.2) is 24.3 Å². The molecule has 1 N–H and O–H groups in total. The molecule has 1 aliphatic heterocycles. The second-order valence-corrected chi connectivity index (χ2v) is 6.34. The smallest absolute Gasteiger partial charge is 0.0987 e. The average molecular weight is 280 g/mol. The van der Waals surface area contributed by atoms with Crippen molar-refractivity contribution in [2.75, 3.05) is 13.1 Å². The van der Waals surface area contributed by atoms with Crippen LogP contribution < -0.4 is 0 Å². The van der Waals surface area contributed by atoms with Crippen LogP contribution in [-0.2, 0) is 0 Å². The van der Waals surface area contributed by atoms with Gasteiger partial charge in [-0.25, -0.2) is 0 Å². The first-order valence-corrected chi connectivity index (χ1v) is 7.79. The van der Waals surface area contributed by atoms with E-state index in [1.807, 2.05) is 24.3 Å². The topological polar surface area (TPSA) is 23.5 Å². The highest BCUT2D eigenvalue weighted by Gasteiger charge is 2.47. The number of rotatable bonds is 3. The predicted octanol–water partition coefficient (Wildman–Crippen LogP) is 3.78. The van der Waals surface area contributed by atoms with Gasteiger partial charge in [-0.05, 0) is 44.8 Å². The van der Waals surface area contributed by atoms with Crippen molar-refractivity contribution in [1.29, 1.82) is 0 Å². The first kappa shape index (κ1) is 13.4.